The summed E-state index contributed by atoms with van der Waals surface area (Å²) in [5, 5.41) is 11.0. The van der Waals surface area contributed by atoms with Crippen molar-refractivity contribution in [2.45, 2.75) is 51.6 Å². The van der Waals surface area contributed by atoms with Crippen LogP contribution in [0, 0.1) is 0 Å². The quantitative estimate of drug-likeness (QED) is 0.859. The second-order valence-corrected chi connectivity index (χ2v) is 6.09. The van der Waals surface area contributed by atoms with Crippen LogP contribution in [0.25, 0.3) is 0 Å². The van der Waals surface area contributed by atoms with Gasteiger partial charge in [-0.15, -0.1) is 0 Å². The summed E-state index contributed by atoms with van der Waals surface area (Å²) in [4.78, 5) is 2.42. The van der Waals surface area contributed by atoms with E-state index in [1.807, 2.05) is 6.07 Å². The van der Waals surface area contributed by atoms with Crippen molar-refractivity contribution in [1.29, 1.82) is 0 Å². The molecule has 19 heavy (non-hydrogen) atoms. The van der Waals surface area contributed by atoms with Gasteiger partial charge >= 0.3 is 0 Å². The SMILES string of the molecule is CCN(Cc1cc(Cl)cc(Cl)c1O)C1CCCCC1. The summed E-state index contributed by atoms with van der Waals surface area (Å²) in [6.07, 6.45) is 6.47. The zero-order chi connectivity index (χ0) is 13.8. The number of rotatable bonds is 4. The third-order valence-electron chi connectivity index (χ3n) is 3.98. The van der Waals surface area contributed by atoms with E-state index in [9.17, 15) is 5.11 Å². The Morgan fingerprint density at radius 1 is 1.21 bits per heavy atom. The Kier molecular flexibility index (Phi) is 5.37. The van der Waals surface area contributed by atoms with E-state index in [2.05, 4.69) is 11.8 Å². The number of benzene rings is 1. The van der Waals surface area contributed by atoms with Crippen LogP contribution in [0.2, 0.25) is 10.0 Å². The van der Waals surface area contributed by atoms with Crippen LogP contribution in [-0.4, -0.2) is 22.6 Å². The fourth-order valence-electron chi connectivity index (χ4n) is 2.90. The molecule has 4 heteroatoms. The largest absolute Gasteiger partial charge is 0.506 e. The maximum Gasteiger partial charge on any atom is 0.138 e. The fourth-order valence-corrected chi connectivity index (χ4v) is 3.44. The first-order valence-corrected chi connectivity index (χ1v) is 7.78. The molecule has 0 radical (unpaired) electrons. The lowest BCUT2D eigenvalue weighted by molar-refractivity contribution is 0.154. The Bertz CT molecular complexity index is 430. The van der Waals surface area contributed by atoms with Crippen LogP contribution in [0.4, 0.5) is 0 Å². The molecule has 0 unspecified atom stereocenters. The molecule has 2 nitrogen and oxygen atoms in total. The summed E-state index contributed by atoms with van der Waals surface area (Å²) in [5.41, 5.74) is 0.824. The van der Waals surface area contributed by atoms with Crippen molar-refractivity contribution in [3.63, 3.8) is 0 Å². The van der Waals surface area contributed by atoms with Gasteiger partial charge < -0.3 is 5.11 Å². The third-order valence-corrected chi connectivity index (χ3v) is 4.48. The average Bonchev–Trinajstić information content (AvgIpc) is 2.42. The van der Waals surface area contributed by atoms with Gasteiger partial charge in [-0.2, -0.15) is 0 Å². The van der Waals surface area contributed by atoms with Crippen LogP contribution < -0.4 is 0 Å². The first-order valence-electron chi connectivity index (χ1n) is 7.02. The van der Waals surface area contributed by atoms with Crippen molar-refractivity contribution in [2.24, 2.45) is 0 Å². The average molecular weight is 302 g/mol. The summed E-state index contributed by atoms with van der Waals surface area (Å²) < 4.78 is 0. The van der Waals surface area contributed by atoms with Crippen molar-refractivity contribution >= 4 is 23.2 Å². The Morgan fingerprint density at radius 3 is 2.53 bits per heavy atom. The maximum absolute atomic E-state index is 10.0. The number of hydrogen-bond donors (Lipinski definition) is 1. The van der Waals surface area contributed by atoms with Crippen LogP contribution >= 0.6 is 23.2 Å². The van der Waals surface area contributed by atoms with Crippen LogP contribution in [0.5, 0.6) is 5.75 Å². The van der Waals surface area contributed by atoms with Gasteiger partial charge in [0, 0.05) is 23.2 Å². The molecule has 1 aliphatic carbocycles. The van der Waals surface area contributed by atoms with Crippen LogP contribution in [0.1, 0.15) is 44.6 Å². The highest BCUT2D eigenvalue weighted by molar-refractivity contribution is 6.35. The molecule has 1 aromatic rings. The van der Waals surface area contributed by atoms with E-state index in [0.717, 1.165) is 12.1 Å². The van der Waals surface area contributed by atoms with E-state index in [0.29, 0.717) is 22.6 Å². The highest BCUT2D eigenvalue weighted by atomic mass is 35.5. The molecule has 0 spiro atoms. The third kappa shape index (κ3) is 3.77. The first-order chi connectivity index (χ1) is 9.11. The molecule has 0 heterocycles. The van der Waals surface area contributed by atoms with Crippen LogP contribution in [0.15, 0.2) is 12.1 Å². The van der Waals surface area contributed by atoms with Gasteiger partial charge in [-0.05, 0) is 31.5 Å². The number of aromatic hydroxyl groups is 1. The molecule has 106 valence electrons. The Hall–Kier alpha value is -0.440. The van der Waals surface area contributed by atoms with E-state index in [1.165, 1.54) is 32.1 Å². The van der Waals surface area contributed by atoms with Gasteiger partial charge in [0.15, 0.2) is 0 Å². The van der Waals surface area contributed by atoms with Gasteiger partial charge in [0.2, 0.25) is 0 Å². The molecular weight excluding hydrogens is 281 g/mol. The molecule has 1 saturated carbocycles. The fraction of sp³-hybridized carbons (Fsp3) is 0.600. The Labute approximate surface area is 125 Å². The highest BCUT2D eigenvalue weighted by Crippen LogP contribution is 2.33. The number of phenolic OH excluding ortho intramolecular Hbond substituents is 1. The molecule has 0 atom stereocenters. The number of halogens is 2. The molecule has 0 aromatic heterocycles. The summed E-state index contributed by atoms with van der Waals surface area (Å²) in [7, 11) is 0. The molecule has 0 saturated heterocycles. The second-order valence-electron chi connectivity index (χ2n) is 5.25. The lowest BCUT2D eigenvalue weighted by atomic mass is 9.94. The predicted molar refractivity (Wildman–Crippen MR) is 81.1 cm³/mol. The monoisotopic (exact) mass is 301 g/mol. The van der Waals surface area contributed by atoms with Crippen molar-refractivity contribution < 1.29 is 5.11 Å². The molecule has 1 N–H and O–H groups in total. The lowest BCUT2D eigenvalue weighted by Crippen LogP contribution is -2.36. The van der Waals surface area contributed by atoms with Gasteiger partial charge in [-0.3, -0.25) is 4.90 Å². The van der Waals surface area contributed by atoms with Gasteiger partial charge in [-0.25, -0.2) is 0 Å². The topological polar surface area (TPSA) is 23.5 Å². The standard InChI is InChI=1S/C15H21Cl2NO/c1-2-18(13-6-4-3-5-7-13)10-11-8-12(16)9-14(17)15(11)19/h8-9,13,19H,2-7,10H2,1H3. The number of hydrogen-bond acceptors (Lipinski definition) is 2. The van der Waals surface area contributed by atoms with E-state index in [-0.39, 0.29) is 5.75 Å². The van der Waals surface area contributed by atoms with Gasteiger partial charge in [-0.1, -0.05) is 49.4 Å². The zero-order valence-corrected chi connectivity index (χ0v) is 12.8. The van der Waals surface area contributed by atoms with Crippen molar-refractivity contribution in [1.82, 2.24) is 4.90 Å². The van der Waals surface area contributed by atoms with Gasteiger partial charge in [0.1, 0.15) is 5.75 Å². The van der Waals surface area contributed by atoms with Gasteiger partial charge in [0.25, 0.3) is 0 Å². The van der Waals surface area contributed by atoms with Crippen LogP contribution in [-0.2, 0) is 6.54 Å². The predicted octanol–water partition coefficient (Wildman–Crippen LogP) is 4.85. The Balaban J connectivity index is 2.13. The zero-order valence-electron chi connectivity index (χ0n) is 11.3. The molecule has 1 fully saturated rings. The minimum atomic E-state index is 0.167. The smallest absolute Gasteiger partial charge is 0.138 e. The number of phenols is 1. The van der Waals surface area contributed by atoms with Crippen molar-refractivity contribution in [3.8, 4) is 5.75 Å². The van der Waals surface area contributed by atoms with Crippen molar-refractivity contribution in [2.75, 3.05) is 6.54 Å². The molecule has 1 aromatic carbocycles. The molecular formula is C15H21Cl2NO. The van der Waals surface area contributed by atoms with E-state index in [1.54, 1.807) is 6.07 Å². The molecule has 0 aliphatic heterocycles. The summed E-state index contributed by atoms with van der Waals surface area (Å²) >= 11 is 12.0. The summed E-state index contributed by atoms with van der Waals surface area (Å²) in [6, 6.07) is 4.02. The van der Waals surface area contributed by atoms with Gasteiger partial charge in [0.05, 0.1) is 5.02 Å². The van der Waals surface area contributed by atoms with Crippen LogP contribution in [0.3, 0.4) is 0 Å². The molecule has 0 bridgehead atoms. The molecule has 1 aliphatic rings. The van der Waals surface area contributed by atoms with E-state index >= 15 is 0 Å². The summed E-state index contributed by atoms with van der Waals surface area (Å²) in [5.74, 6) is 0.167. The minimum absolute atomic E-state index is 0.167. The van der Waals surface area contributed by atoms with Crippen molar-refractivity contribution in [3.05, 3.63) is 27.7 Å². The minimum Gasteiger partial charge on any atom is -0.506 e. The normalized spacial score (nSPS) is 17.1. The maximum atomic E-state index is 10.0. The first kappa shape index (κ1) is 15.0. The number of nitrogens with zero attached hydrogens (tertiary/aromatic N) is 1. The lowest BCUT2D eigenvalue weighted by Gasteiger charge is -2.33. The van der Waals surface area contributed by atoms with E-state index < -0.39 is 0 Å². The highest BCUT2D eigenvalue weighted by Gasteiger charge is 2.21. The molecule has 2 rings (SSSR count). The summed E-state index contributed by atoms with van der Waals surface area (Å²) in [6.45, 7) is 3.86. The second kappa shape index (κ2) is 6.83. The molecule has 0 amide bonds. The van der Waals surface area contributed by atoms with E-state index in [4.69, 9.17) is 23.2 Å². The Morgan fingerprint density at radius 2 is 1.89 bits per heavy atom.